The minimum atomic E-state index is -0.196. The van der Waals surface area contributed by atoms with Gasteiger partial charge in [0.2, 0.25) is 6.79 Å². The average molecular weight is 525 g/mol. The second-order valence-corrected chi connectivity index (χ2v) is 11.6. The van der Waals surface area contributed by atoms with Gasteiger partial charge in [0.05, 0.1) is 26.6 Å². The SMILES string of the molecule is CCCCCCCCCCCCCc1ccc(OCOC(=O)C(C)CC[N+](C)(C)Cc2ccccc2)cc1. The van der Waals surface area contributed by atoms with E-state index in [2.05, 4.69) is 57.4 Å². The second kappa shape index (κ2) is 18.8. The Morgan fingerprint density at radius 2 is 1.34 bits per heavy atom. The summed E-state index contributed by atoms with van der Waals surface area (Å²) in [7, 11) is 4.41. The third-order valence-corrected chi connectivity index (χ3v) is 7.44. The zero-order chi connectivity index (χ0) is 27.5. The first kappa shape index (κ1) is 31.9. The topological polar surface area (TPSA) is 35.5 Å². The summed E-state index contributed by atoms with van der Waals surface area (Å²) in [6, 6.07) is 18.7. The molecule has 0 aliphatic rings. The largest absolute Gasteiger partial charge is 0.457 e. The number of aryl methyl sites for hydroxylation is 1. The monoisotopic (exact) mass is 524 g/mol. The van der Waals surface area contributed by atoms with Crippen LogP contribution in [0, 0.1) is 5.92 Å². The van der Waals surface area contributed by atoms with Gasteiger partial charge < -0.3 is 14.0 Å². The van der Waals surface area contributed by atoms with Crippen molar-refractivity contribution in [2.75, 3.05) is 27.4 Å². The van der Waals surface area contributed by atoms with Crippen molar-refractivity contribution in [3.63, 3.8) is 0 Å². The number of hydrogen-bond acceptors (Lipinski definition) is 3. The van der Waals surface area contributed by atoms with E-state index in [1.54, 1.807) is 0 Å². The molecule has 2 aromatic carbocycles. The van der Waals surface area contributed by atoms with Crippen LogP contribution in [0.4, 0.5) is 0 Å². The highest BCUT2D eigenvalue weighted by atomic mass is 16.7. The van der Waals surface area contributed by atoms with Crippen molar-refractivity contribution in [1.29, 1.82) is 0 Å². The number of carbonyl (C=O) groups is 1. The number of carbonyl (C=O) groups excluding carboxylic acids is 1. The third-order valence-electron chi connectivity index (χ3n) is 7.44. The molecule has 0 saturated carbocycles. The number of hydrogen-bond donors (Lipinski definition) is 0. The van der Waals surface area contributed by atoms with E-state index >= 15 is 0 Å². The van der Waals surface area contributed by atoms with Gasteiger partial charge in [-0.3, -0.25) is 4.79 Å². The van der Waals surface area contributed by atoms with Gasteiger partial charge in [0.15, 0.2) is 0 Å². The predicted molar refractivity (Wildman–Crippen MR) is 159 cm³/mol. The molecular weight excluding hydrogens is 470 g/mol. The van der Waals surface area contributed by atoms with Gasteiger partial charge in [-0.2, -0.15) is 0 Å². The molecule has 0 saturated heterocycles. The van der Waals surface area contributed by atoms with Crippen LogP contribution in [0.1, 0.15) is 102 Å². The highest BCUT2D eigenvalue weighted by molar-refractivity contribution is 5.71. The van der Waals surface area contributed by atoms with Gasteiger partial charge in [0, 0.05) is 12.0 Å². The normalized spacial score (nSPS) is 12.3. The Morgan fingerprint density at radius 1 is 0.763 bits per heavy atom. The molecule has 0 radical (unpaired) electrons. The molecule has 1 unspecified atom stereocenters. The maximum absolute atomic E-state index is 12.4. The summed E-state index contributed by atoms with van der Waals surface area (Å²) in [4.78, 5) is 12.4. The summed E-state index contributed by atoms with van der Waals surface area (Å²) in [5.74, 6) is 0.395. The van der Waals surface area contributed by atoms with Crippen LogP contribution in [-0.4, -0.2) is 37.9 Å². The first-order chi connectivity index (χ1) is 18.4. The highest BCUT2D eigenvalue weighted by Gasteiger charge is 2.21. The second-order valence-electron chi connectivity index (χ2n) is 11.6. The summed E-state index contributed by atoms with van der Waals surface area (Å²) in [5.41, 5.74) is 2.65. The molecule has 0 bridgehead atoms. The lowest BCUT2D eigenvalue weighted by atomic mass is 10.0. The van der Waals surface area contributed by atoms with Gasteiger partial charge >= 0.3 is 5.97 Å². The number of benzene rings is 2. The molecule has 4 nitrogen and oxygen atoms in total. The molecule has 2 rings (SSSR count). The molecule has 0 fully saturated rings. The zero-order valence-corrected chi connectivity index (χ0v) is 24.8. The van der Waals surface area contributed by atoms with Gasteiger partial charge in [0.1, 0.15) is 12.3 Å². The number of nitrogens with zero attached hydrogens (tertiary/aromatic N) is 1. The lowest BCUT2D eigenvalue weighted by Crippen LogP contribution is -2.40. The van der Waals surface area contributed by atoms with Crippen LogP contribution in [-0.2, 0) is 22.5 Å². The fourth-order valence-electron chi connectivity index (χ4n) is 4.86. The van der Waals surface area contributed by atoms with Crippen molar-refractivity contribution in [1.82, 2.24) is 0 Å². The maximum atomic E-state index is 12.4. The molecule has 212 valence electrons. The Kier molecular flexibility index (Phi) is 15.8. The van der Waals surface area contributed by atoms with Crippen molar-refractivity contribution in [2.24, 2.45) is 5.92 Å². The van der Waals surface area contributed by atoms with Crippen LogP contribution in [0.3, 0.4) is 0 Å². The van der Waals surface area contributed by atoms with Crippen LogP contribution < -0.4 is 4.74 Å². The Hall–Kier alpha value is -2.33. The smallest absolute Gasteiger partial charge is 0.311 e. The van der Waals surface area contributed by atoms with Crippen molar-refractivity contribution >= 4 is 5.97 Å². The van der Waals surface area contributed by atoms with E-state index in [1.165, 1.54) is 81.8 Å². The van der Waals surface area contributed by atoms with E-state index in [0.717, 1.165) is 36.2 Å². The average Bonchev–Trinajstić information content (AvgIpc) is 2.91. The van der Waals surface area contributed by atoms with Gasteiger partial charge in [-0.25, -0.2) is 0 Å². The predicted octanol–water partition coefficient (Wildman–Crippen LogP) is 8.72. The van der Waals surface area contributed by atoms with Gasteiger partial charge in [-0.05, 0) is 30.5 Å². The molecule has 0 aromatic heterocycles. The Labute approximate surface area is 233 Å². The minimum Gasteiger partial charge on any atom is -0.457 e. The number of rotatable bonds is 21. The van der Waals surface area contributed by atoms with Gasteiger partial charge in [0.25, 0.3) is 0 Å². The van der Waals surface area contributed by atoms with Gasteiger partial charge in [-0.1, -0.05) is 121 Å². The molecule has 0 N–H and O–H groups in total. The number of esters is 1. The quantitative estimate of drug-likeness (QED) is 0.0709. The van der Waals surface area contributed by atoms with E-state index in [-0.39, 0.29) is 18.7 Å². The van der Waals surface area contributed by atoms with E-state index in [0.29, 0.717) is 0 Å². The molecule has 4 heteroatoms. The molecule has 0 spiro atoms. The Balaban J connectivity index is 1.53. The van der Waals surface area contributed by atoms with E-state index in [4.69, 9.17) is 9.47 Å². The van der Waals surface area contributed by atoms with Crippen LogP contribution in [0.5, 0.6) is 5.75 Å². The van der Waals surface area contributed by atoms with E-state index in [9.17, 15) is 4.79 Å². The lowest BCUT2D eigenvalue weighted by molar-refractivity contribution is -0.904. The molecule has 0 aliphatic carbocycles. The summed E-state index contributed by atoms with van der Waals surface area (Å²) < 4.78 is 11.9. The molecule has 1 atom stereocenters. The van der Waals surface area contributed by atoms with Crippen molar-refractivity contribution < 1.29 is 18.8 Å². The standard InChI is InChI=1S/C34H54NO3/c1-5-6-7-8-9-10-11-12-13-14-16-19-31-22-24-33(25-23-31)37-29-38-34(36)30(2)26-27-35(3,4)28-32-20-17-15-18-21-32/h15,17-18,20-25,30H,5-14,16,19,26-29H2,1-4H3/q+1. The molecule has 2 aromatic rings. The number of unbranched alkanes of at least 4 members (excludes halogenated alkanes) is 10. The first-order valence-corrected chi connectivity index (χ1v) is 15.1. The maximum Gasteiger partial charge on any atom is 0.311 e. The zero-order valence-electron chi connectivity index (χ0n) is 24.8. The first-order valence-electron chi connectivity index (χ1n) is 15.1. The van der Waals surface area contributed by atoms with Crippen LogP contribution in [0.2, 0.25) is 0 Å². The number of ether oxygens (including phenoxy) is 2. The summed E-state index contributed by atoms with van der Waals surface area (Å²) in [6.07, 6.45) is 17.0. The van der Waals surface area contributed by atoms with E-state index in [1.807, 2.05) is 25.1 Å². The third kappa shape index (κ3) is 14.6. The van der Waals surface area contributed by atoms with Crippen molar-refractivity contribution in [2.45, 2.75) is 104 Å². The van der Waals surface area contributed by atoms with Crippen LogP contribution >= 0.6 is 0 Å². The molecule has 0 heterocycles. The highest BCUT2D eigenvalue weighted by Crippen LogP contribution is 2.17. The summed E-state index contributed by atoms with van der Waals surface area (Å²) in [5, 5.41) is 0. The van der Waals surface area contributed by atoms with Crippen molar-refractivity contribution in [3.05, 3.63) is 65.7 Å². The van der Waals surface area contributed by atoms with E-state index < -0.39 is 0 Å². The molecule has 38 heavy (non-hydrogen) atoms. The fourth-order valence-corrected chi connectivity index (χ4v) is 4.86. The van der Waals surface area contributed by atoms with Crippen LogP contribution in [0.15, 0.2) is 54.6 Å². The minimum absolute atomic E-state index is 0.0383. The Bertz CT molecular complexity index is 863. The van der Waals surface area contributed by atoms with Crippen molar-refractivity contribution in [3.8, 4) is 5.75 Å². The van der Waals surface area contributed by atoms with Gasteiger partial charge in [-0.15, -0.1) is 0 Å². The molecular formula is C34H54NO3+. The fraction of sp³-hybridized carbons (Fsp3) is 0.618. The Morgan fingerprint density at radius 3 is 1.95 bits per heavy atom. The lowest BCUT2D eigenvalue weighted by Gasteiger charge is -2.30. The number of quaternary nitrogens is 1. The molecule has 0 aliphatic heterocycles. The summed E-state index contributed by atoms with van der Waals surface area (Å²) >= 11 is 0. The van der Waals surface area contributed by atoms with Crippen LogP contribution in [0.25, 0.3) is 0 Å². The molecule has 0 amide bonds. The summed E-state index contributed by atoms with van der Waals surface area (Å²) in [6.45, 7) is 6.03.